The molecule has 0 saturated carbocycles. The minimum Gasteiger partial charge on any atom is -0.478 e. The number of hydroxylamine groups is 1. The van der Waals surface area contributed by atoms with E-state index in [-0.39, 0.29) is 17.9 Å². The van der Waals surface area contributed by atoms with Crippen molar-refractivity contribution in [3.63, 3.8) is 0 Å². The molecular weight excluding hydrogens is 260 g/mol. The van der Waals surface area contributed by atoms with E-state index in [1.807, 2.05) is 30.3 Å². The number of aromatic nitrogens is 1. The highest BCUT2D eigenvalue weighted by Crippen LogP contribution is 2.05. The number of amides is 1. The smallest absolute Gasteiger partial charge is 0.338 e. The first-order valence-electron chi connectivity index (χ1n) is 5.83. The van der Waals surface area contributed by atoms with Crippen LogP contribution < -0.4 is 5.48 Å². The number of rotatable bonds is 5. The molecule has 0 aliphatic heterocycles. The number of nitrogens with one attached hydrogen (secondary N) is 1. The van der Waals surface area contributed by atoms with Gasteiger partial charge in [0.15, 0.2) is 0 Å². The van der Waals surface area contributed by atoms with Gasteiger partial charge in [-0.25, -0.2) is 10.3 Å². The van der Waals surface area contributed by atoms with Crippen LogP contribution in [-0.2, 0) is 11.4 Å². The Hall–Kier alpha value is -2.73. The predicted octanol–water partition coefficient (Wildman–Crippen LogP) is 1.64. The SMILES string of the molecule is O=C(O)c1cccnc1C(=O)NOCc1ccccc1. The highest BCUT2D eigenvalue weighted by atomic mass is 16.6. The molecule has 0 unspecified atom stereocenters. The number of hydrogen-bond acceptors (Lipinski definition) is 4. The molecule has 0 aliphatic carbocycles. The molecule has 1 aromatic heterocycles. The van der Waals surface area contributed by atoms with Gasteiger partial charge in [-0.3, -0.25) is 14.6 Å². The van der Waals surface area contributed by atoms with E-state index in [0.29, 0.717) is 0 Å². The normalized spacial score (nSPS) is 10.0. The summed E-state index contributed by atoms with van der Waals surface area (Å²) in [7, 11) is 0. The van der Waals surface area contributed by atoms with Gasteiger partial charge in [-0.05, 0) is 17.7 Å². The van der Waals surface area contributed by atoms with Gasteiger partial charge < -0.3 is 5.11 Å². The maximum Gasteiger partial charge on any atom is 0.338 e. The number of benzene rings is 1. The molecule has 0 bridgehead atoms. The molecule has 1 heterocycles. The van der Waals surface area contributed by atoms with Crippen molar-refractivity contribution in [2.24, 2.45) is 0 Å². The highest BCUT2D eigenvalue weighted by Gasteiger charge is 2.17. The average Bonchev–Trinajstić information content (AvgIpc) is 2.48. The van der Waals surface area contributed by atoms with Gasteiger partial charge in [-0.1, -0.05) is 30.3 Å². The third kappa shape index (κ3) is 3.39. The molecule has 6 nitrogen and oxygen atoms in total. The fourth-order valence-electron chi connectivity index (χ4n) is 1.57. The van der Waals surface area contributed by atoms with Crippen molar-refractivity contribution in [3.8, 4) is 0 Å². The molecule has 1 amide bonds. The Bertz CT molecular complexity index is 614. The third-order valence-electron chi connectivity index (χ3n) is 2.50. The van der Waals surface area contributed by atoms with Crippen LogP contribution in [0.15, 0.2) is 48.7 Å². The van der Waals surface area contributed by atoms with Crippen LogP contribution in [0.25, 0.3) is 0 Å². The molecule has 20 heavy (non-hydrogen) atoms. The Kier molecular flexibility index (Phi) is 4.41. The zero-order valence-corrected chi connectivity index (χ0v) is 10.4. The maximum atomic E-state index is 11.8. The summed E-state index contributed by atoms with van der Waals surface area (Å²) in [6, 6.07) is 12.0. The molecule has 2 N–H and O–H groups in total. The zero-order valence-electron chi connectivity index (χ0n) is 10.4. The average molecular weight is 272 g/mol. The molecular formula is C14H12N2O4. The molecule has 0 fully saturated rings. The molecule has 2 aromatic rings. The molecule has 0 saturated heterocycles. The van der Waals surface area contributed by atoms with Crippen molar-refractivity contribution >= 4 is 11.9 Å². The lowest BCUT2D eigenvalue weighted by Crippen LogP contribution is -2.26. The number of pyridine rings is 1. The maximum absolute atomic E-state index is 11.8. The minimum absolute atomic E-state index is 0.173. The van der Waals surface area contributed by atoms with Gasteiger partial charge in [-0.15, -0.1) is 0 Å². The van der Waals surface area contributed by atoms with E-state index < -0.39 is 11.9 Å². The molecule has 0 radical (unpaired) electrons. The van der Waals surface area contributed by atoms with Gasteiger partial charge in [0.2, 0.25) is 0 Å². The number of carbonyl (C=O) groups is 2. The highest BCUT2D eigenvalue weighted by molar-refractivity contribution is 6.02. The van der Waals surface area contributed by atoms with E-state index in [9.17, 15) is 9.59 Å². The molecule has 0 atom stereocenters. The van der Waals surface area contributed by atoms with Crippen LogP contribution in [0, 0.1) is 0 Å². The van der Waals surface area contributed by atoms with Crippen molar-refractivity contribution in [3.05, 3.63) is 65.5 Å². The predicted molar refractivity (Wildman–Crippen MR) is 69.9 cm³/mol. The van der Waals surface area contributed by atoms with Crippen molar-refractivity contribution < 1.29 is 19.5 Å². The first-order valence-corrected chi connectivity index (χ1v) is 5.83. The van der Waals surface area contributed by atoms with Gasteiger partial charge in [0.1, 0.15) is 5.69 Å². The molecule has 1 aromatic carbocycles. The Balaban J connectivity index is 1.97. The number of carbonyl (C=O) groups excluding carboxylic acids is 1. The van der Waals surface area contributed by atoms with Crippen LogP contribution in [-0.4, -0.2) is 22.0 Å². The van der Waals surface area contributed by atoms with Crippen molar-refractivity contribution in [1.82, 2.24) is 10.5 Å². The lowest BCUT2D eigenvalue weighted by molar-refractivity contribution is 0.0227. The zero-order chi connectivity index (χ0) is 14.4. The van der Waals surface area contributed by atoms with Crippen LogP contribution in [0.3, 0.4) is 0 Å². The molecule has 102 valence electrons. The van der Waals surface area contributed by atoms with Crippen LogP contribution in [0.1, 0.15) is 26.4 Å². The number of carboxylic acids is 1. The van der Waals surface area contributed by atoms with Gasteiger partial charge in [-0.2, -0.15) is 0 Å². The fourth-order valence-corrected chi connectivity index (χ4v) is 1.57. The second-order valence-corrected chi connectivity index (χ2v) is 3.91. The first kappa shape index (κ1) is 13.7. The Morgan fingerprint density at radius 2 is 1.90 bits per heavy atom. The summed E-state index contributed by atoms with van der Waals surface area (Å²) in [6.45, 7) is 0.182. The van der Waals surface area contributed by atoms with Gasteiger partial charge >= 0.3 is 5.97 Å². The van der Waals surface area contributed by atoms with E-state index in [4.69, 9.17) is 9.94 Å². The van der Waals surface area contributed by atoms with E-state index in [1.165, 1.54) is 18.3 Å². The van der Waals surface area contributed by atoms with Crippen LogP contribution >= 0.6 is 0 Å². The van der Waals surface area contributed by atoms with Crippen LogP contribution in [0.4, 0.5) is 0 Å². The monoisotopic (exact) mass is 272 g/mol. The molecule has 6 heteroatoms. The van der Waals surface area contributed by atoms with Crippen LogP contribution in [0.2, 0.25) is 0 Å². The van der Waals surface area contributed by atoms with Gasteiger partial charge in [0.05, 0.1) is 12.2 Å². The fraction of sp³-hybridized carbons (Fsp3) is 0.0714. The molecule has 0 spiro atoms. The van der Waals surface area contributed by atoms with E-state index in [2.05, 4.69) is 10.5 Å². The summed E-state index contributed by atoms with van der Waals surface area (Å²) in [4.78, 5) is 31.5. The van der Waals surface area contributed by atoms with E-state index >= 15 is 0 Å². The van der Waals surface area contributed by atoms with Crippen LogP contribution in [0.5, 0.6) is 0 Å². The number of hydrogen-bond donors (Lipinski definition) is 2. The van der Waals surface area contributed by atoms with E-state index in [1.54, 1.807) is 0 Å². The van der Waals surface area contributed by atoms with Crippen molar-refractivity contribution in [2.75, 3.05) is 0 Å². The number of nitrogens with zero attached hydrogens (tertiary/aromatic N) is 1. The number of aromatic carboxylic acids is 1. The Labute approximate surface area is 115 Å². The minimum atomic E-state index is -1.22. The second kappa shape index (κ2) is 6.44. The van der Waals surface area contributed by atoms with E-state index in [0.717, 1.165) is 5.56 Å². The lowest BCUT2D eigenvalue weighted by atomic mass is 10.2. The summed E-state index contributed by atoms with van der Waals surface area (Å²) in [5, 5.41) is 8.96. The molecule has 2 rings (SSSR count). The molecule has 0 aliphatic rings. The quantitative estimate of drug-likeness (QED) is 0.808. The summed E-state index contributed by atoms with van der Waals surface area (Å²) >= 11 is 0. The Morgan fingerprint density at radius 3 is 2.60 bits per heavy atom. The van der Waals surface area contributed by atoms with Gasteiger partial charge in [0, 0.05) is 6.20 Å². The topological polar surface area (TPSA) is 88.5 Å². The summed E-state index contributed by atoms with van der Waals surface area (Å²) in [5.74, 6) is -1.91. The second-order valence-electron chi connectivity index (χ2n) is 3.91. The largest absolute Gasteiger partial charge is 0.478 e. The number of carboxylic acid groups (broad SMARTS) is 1. The summed E-state index contributed by atoms with van der Waals surface area (Å²) < 4.78 is 0. The third-order valence-corrected chi connectivity index (χ3v) is 2.50. The van der Waals surface area contributed by atoms with Gasteiger partial charge in [0.25, 0.3) is 5.91 Å². The summed E-state index contributed by atoms with van der Waals surface area (Å²) in [5.41, 5.74) is 2.70. The Morgan fingerprint density at radius 1 is 1.15 bits per heavy atom. The van der Waals surface area contributed by atoms with Crippen molar-refractivity contribution in [2.45, 2.75) is 6.61 Å². The van der Waals surface area contributed by atoms with Crippen molar-refractivity contribution in [1.29, 1.82) is 0 Å². The summed E-state index contributed by atoms with van der Waals surface area (Å²) in [6.07, 6.45) is 1.35. The lowest BCUT2D eigenvalue weighted by Gasteiger charge is -2.07. The standard InChI is InChI=1S/C14H12N2O4/c17-13(12-11(14(18)19)7-4-8-15-12)16-20-9-10-5-2-1-3-6-10/h1-8H,9H2,(H,16,17)(H,18,19). The first-order chi connectivity index (χ1) is 9.68.